The molecule has 0 bridgehead atoms. The second-order valence-corrected chi connectivity index (χ2v) is 4.86. The Morgan fingerprint density at radius 1 is 1.10 bits per heavy atom. The van der Waals surface area contributed by atoms with Crippen LogP contribution in [-0.4, -0.2) is 17.0 Å². The Labute approximate surface area is 122 Å². The summed E-state index contributed by atoms with van der Waals surface area (Å²) in [4.78, 5) is 23.6. The number of hydrogen-bond acceptors (Lipinski definition) is 4. The Morgan fingerprint density at radius 2 is 1.71 bits per heavy atom. The molecule has 1 aromatic carbocycles. The summed E-state index contributed by atoms with van der Waals surface area (Å²) in [6, 6.07) is 7.31. The number of aryl methyl sites for hydroxylation is 3. The number of nitrogens with zero attached hydrogens (tertiary/aromatic N) is 1. The Balaban J connectivity index is 1.94. The molecule has 0 aliphatic carbocycles. The van der Waals surface area contributed by atoms with Gasteiger partial charge in [0.2, 0.25) is 11.8 Å². The van der Waals surface area contributed by atoms with Gasteiger partial charge in [-0.15, -0.1) is 0 Å². The van der Waals surface area contributed by atoms with Gasteiger partial charge in [0.25, 0.3) is 0 Å². The van der Waals surface area contributed by atoms with Crippen LogP contribution in [0.25, 0.3) is 0 Å². The summed E-state index contributed by atoms with van der Waals surface area (Å²) >= 11 is 0. The molecule has 0 aliphatic heterocycles. The van der Waals surface area contributed by atoms with Crippen molar-refractivity contribution < 1.29 is 14.1 Å². The topological polar surface area (TPSA) is 84.2 Å². The Kier molecular flexibility index (Phi) is 4.37. The SMILES string of the molecule is Cc1cc(NC(=O)CC(=O)Nc2c(C)cccc2C)no1. The molecule has 0 spiro atoms. The lowest BCUT2D eigenvalue weighted by atomic mass is 10.1. The summed E-state index contributed by atoms with van der Waals surface area (Å²) in [5, 5.41) is 8.90. The van der Waals surface area contributed by atoms with Crippen LogP contribution in [0.1, 0.15) is 23.3 Å². The lowest BCUT2D eigenvalue weighted by Crippen LogP contribution is -2.22. The standard InChI is InChI=1S/C15H17N3O3/c1-9-5-4-6-10(2)15(9)17-14(20)8-13(19)16-12-7-11(3)21-18-12/h4-7H,8H2,1-3H3,(H,17,20)(H,16,18,19). The molecule has 0 saturated carbocycles. The third kappa shape index (κ3) is 3.92. The van der Waals surface area contributed by atoms with Crippen molar-refractivity contribution in [3.8, 4) is 0 Å². The van der Waals surface area contributed by atoms with Crippen molar-refractivity contribution in [2.45, 2.75) is 27.2 Å². The number of para-hydroxylation sites is 1. The number of anilines is 2. The van der Waals surface area contributed by atoms with Crippen molar-refractivity contribution in [1.29, 1.82) is 0 Å². The molecule has 2 amide bonds. The molecular formula is C15H17N3O3. The van der Waals surface area contributed by atoms with E-state index in [0.29, 0.717) is 11.6 Å². The summed E-state index contributed by atoms with van der Waals surface area (Å²) in [5.41, 5.74) is 2.65. The predicted octanol–water partition coefficient (Wildman–Crippen LogP) is 2.57. The molecule has 6 nitrogen and oxygen atoms in total. The minimum absolute atomic E-state index is 0.278. The zero-order valence-electron chi connectivity index (χ0n) is 12.2. The van der Waals surface area contributed by atoms with E-state index in [2.05, 4.69) is 15.8 Å². The number of carbonyl (C=O) groups excluding carboxylic acids is 2. The number of aromatic nitrogens is 1. The lowest BCUT2D eigenvalue weighted by Gasteiger charge is -2.11. The highest BCUT2D eigenvalue weighted by Crippen LogP contribution is 2.19. The quantitative estimate of drug-likeness (QED) is 0.846. The van der Waals surface area contributed by atoms with Gasteiger partial charge in [0, 0.05) is 11.8 Å². The molecule has 1 heterocycles. The molecule has 0 aliphatic rings. The average Bonchev–Trinajstić information content (AvgIpc) is 2.79. The van der Waals surface area contributed by atoms with E-state index in [-0.39, 0.29) is 12.3 Å². The fourth-order valence-corrected chi connectivity index (χ4v) is 1.95. The van der Waals surface area contributed by atoms with Gasteiger partial charge in [-0.25, -0.2) is 0 Å². The maximum absolute atomic E-state index is 11.9. The Hall–Kier alpha value is -2.63. The van der Waals surface area contributed by atoms with Gasteiger partial charge < -0.3 is 15.2 Å². The highest BCUT2D eigenvalue weighted by atomic mass is 16.5. The molecule has 0 unspecified atom stereocenters. The van der Waals surface area contributed by atoms with Crippen LogP contribution in [0.5, 0.6) is 0 Å². The fraction of sp³-hybridized carbons (Fsp3) is 0.267. The number of amides is 2. The van der Waals surface area contributed by atoms with Crippen LogP contribution >= 0.6 is 0 Å². The van der Waals surface area contributed by atoms with Crippen LogP contribution in [-0.2, 0) is 9.59 Å². The molecule has 0 fully saturated rings. The van der Waals surface area contributed by atoms with Crippen LogP contribution in [0.15, 0.2) is 28.8 Å². The molecule has 0 atom stereocenters. The van der Waals surface area contributed by atoms with Crippen molar-refractivity contribution in [2.24, 2.45) is 0 Å². The molecule has 2 N–H and O–H groups in total. The van der Waals surface area contributed by atoms with Crippen molar-refractivity contribution >= 4 is 23.3 Å². The molecule has 0 radical (unpaired) electrons. The van der Waals surface area contributed by atoms with Gasteiger partial charge in [-0.2, -0.15) is 0 Å². The van der Waals surface area contributed by atoms with Gasteiger partial charge >= 0.3 is 0 Å². The largest absolute Gasteiger partial charge is 0.360 e. The maximum atomic E-state index is 11.9. The van der Waals surface area contributed by atoms with Crippen molar-refractivity contribution in [3.63, 3.8) is 0 Å². The predicted molar refractivity (Wildman–Crippen MR) is 79.0 cm³/mol. The highest BCUT2D eigenvalue weighted by molar-refractivity contribution is 6.08. The van der Waals surface area contributed by atoms with Gasteiger partial charge in [-0.05, 0) is 31.9 Å². The van der Waals surface area contributed by atoms with Crippen LogP contribution in [0.2, 0.25) is 0 Å². The van der Waals surface area contributed by atoms with E-state index in [0.717, 1.165) is 16.8 Å². The fourth-order valence-electron chi connectivity index (χ4n) is 1.95. The van der Waals surface area contributed by atoms with E-state index >= 15 is 0 Å². The van der Waals surface area contributed by atoms with Gasteiger partial charge in [-0.3, -0.25) is 9.59 Å². The lowest BCUT2D eigenvalue weighted by molar-refractivity contribution is -0.123. The summed E-state index contributed by atoms with van der Waals surface area (Å²) in [5.74, 6) is 0.0832. The van der Waals surface area contributed by atoms with E-state index in [9.17, 15) is 9.59 Å². The molecule has 2 aromatic rings. The monoisotopic (exact) mass is 287 g/mol. The number of rotatable bonds is 4. The van der Waals surface area contributed by atoms with E-state index < -0.39 is 5.91 Å². The first-order chi connectivity index (χ1) is 9.95. The van der Waals surface area contributed by atoms with E-state index in [1.165, 1.54) is 0 Å². The average molecular weight is 287 g/mol. The van der Waals surface area contributed by atoms with Gasteiger partial charge in [0.05, 0.1) is 0 Å². The summed E-state index contributed by atoms with van der Waals surface area (Å²) in [7, 11) is 0. The molecule has 0 saturated heterocycles. The Bertz CT molecular complexity index is 656. The third-order valence-electron chi connectivity index (χ3n) is 2.96. The first-order valence-corrected chi connectivity index (χ1v) is 6.55. The molecule has 2 rings (SSSR count). The number of benzene rings is 1. The van der Waals surface area contributed by atoms with Crippen molar-refractivity contribution in [1.82, 2.24) is 5.16 Å². The molecule has 110 valence electrons. The zero-order valence-corrected chi connectivity index (χ0v) is 12.2. The summed E-state index contributed by atoms with van der Waals surface area (Å²) < 4.78 is 4.83. The van der Waals surface area contributed by atoms with Crippen LogP contribution in [0.3, 0.4) is 0 Å². The minimum atomic E-state index is -0.438. The van der Waals surface area contributed by atoms with Gasteiger partial charge in [-0.1, -0.05) is 23.4 Å². The highest BCUT2D eigenvalue weighted by Gasteiger charge is 2.13. The molecule has 1 aromatic heterocycles. The molecular weight excluding hydrogens is 270 g/mol. The summed E-state index contributed by atoms with van der Waals surface area (Å²) in [6.07, 6.45) is -0.278. The number of hydrogen-bond donors (Lipinski definition) is 2. The number of carbonyl (C=O) groups is 2. The van der Waals surface area contributed by atoms with Crippen molar-refractivity contribution in [3.05, 3.63) is 41.2 Å². The smallest absolute Gasteiger partial charge is 0.235 e. The van der Waals surface area contributed by atoms with Gasteiger partial charge in [0.15, 0.2) is 5.82 Å². The second kappa shape index (κ2) is 6.21. The van der Waals surface area contributed by atoms with Crippen LogP contribution in [0.4, 0.5) is 11.5 Å². The van der Waals surface area contributed by atoms with Crippen LogP contribution < -0.4 is 10.6 Å². The minimum Gasteiger partial charge on any atom is -0.360 e. The van der Waals surface area contributed by atoms with E-state index in [1.807, 2.05) is 32.0 Å². The summed E-state index contributed by atoms with van der Waals surface area (Å²) in [6.45, 7) is 5.53. The van der Waals surface area contributed by atoms with E-state index in [1.54, 1.807) is 13.0 Å². The normalized spacial score (nSPS) is 10.2. The van der Waals surface area contributed by atoms with E-state index in [4.69, 9.17) is 4.52 Å². The van der Waals surface area contributed by atoms with Crippen molar-refractivity contribution in [2.75, 3.05) is 10.6 Å². The molecule has 21 heavy (non-hydrogen) atoms. The third-order valence-corrected chi connectivity index (χ3v) is 2.96. The molecule has 6 heteroatoms. The zero-order chi connectivity index (χ0) is 15.4. The second-order valence-electron chi connectivity index (χ2n) is 4.86. The van der Waals surface area contributed by atoms with Gasteiger partial charge in [0.1, 0.15) is 12.2 Å². The number of nitrogens with one attached hydrogen (secondary N) is 2. The first kappa shape index (κ1) is 14.8. The van der Waals surface area contributed by atoms with Crippen LogP contribution in [0, 0.1) is 20.8 Å². The maximum Gasteiger partial charge on any atom is 0.235 e. The first-order valence-electron chi connectivity index (χ1n) is 6.55. The Morgan fingerprint density at radius 3 is 2.29 bits per heavy atom.